The summed E-state index contributed by atoms with van der Waals surface area (Å²) in [5.74, 6) is -0.818. The number of Topliss-reactive ketones (excluding diaryl/α,β-unsaturated/α-hetero) is 1. The lowest BCUT2D eigenvalue weighted by molar-refractivity contribution is 0.104. The Bertz CT molecular complexity index is 752. The summed E-state index contributed by atoms with van der Waals surface area (Å²) in [5.41, 5.74) is 3.21. The summed E-state index contributed by atoms with van der Waals surface area (Å²) in [7, 11) is 0. The van der Waals surface area contributed by atoms with Crippen molar-refractivity contribution in [3.05, 3.63) is 76.1 Å². The van der Waals surface area contributed by atoms with Crippen molar-refractivity contribution in [1.82, 2.24) is 0 Å². The van der Waals surface area contributed by atoms with Crippen molar-refractivity contribution in [3.8, 4) is 6.07 Å². The number of benzene rings is 2. The molecule has 2 nitrogen and oxygen atoms in total. The van der Waals surface area contributed by atoms with Crippen LogP contribution in [0.4, 0.5) is 4.39 Å². The van der Waals surface area contributed by atoms with E-state index in [4.69, 9.17) is 0 Å². The van der Waals surface area contributed by atoms with Gasteiger partial charge in [0.1, 0.15) is 17.5 Å². The zero-order chi connectivity index (χ0) is 15.4. The molecule has 0 saturated heterocycles. The first-order chi connectivity index (χ1) is 10.0. The van der Waals surface area contributed by atoms with Gasteiger partial charge in [0.15, 0.2) is 0 Å². The first-order valence-electron chi connectivity index (χ1n) is 6.50. The fourth-order valence-corrected chi connectivity index (χ4v) is 1.98. The van der Waals surface area contributed by atoms with E-state index < -0.39 is 11.6 Å². The van der Waals surface area contributed by atoms with E-state index in [1.807, 2.05) is 38.1 Å². The first kappa shape index (κ1) is 14.7. The summed E-state index contributed by atoms with van der Waals surface area (Å²) in [5, 5.41) is 9.22. The van der Waals surface area contributed by atoms with Crippen LogP contribution in [0.3, 0.4) is 0 Å². The van der Waals surface area contributed by atoms with Crippen LogP contribution in [0.2, 0.25) is 0 Å². The van der Waals surface area contributed by atoms with Gasteiger partial charge >= 0.3 is 0 Å². The summed E-state index contributed by atoms with van der Waals surface area (Å²) in [4.78, 5) is 12.3. The number of rotatable bonds is 3. The van der Waals surface area contributed by atoms with E-state index in [0.29, 0.717) is 5.56 Å². The van der Waals surface area contributed by atoms with Crippen LogP contribution in [-0.4, -0.2) is 5.78 Å². The van der Waals surface area contributed by atoms with Crippen LogP contribution < -0.4 is 0 Å². The van der Waals surface area contributed by atoms with E-state index in [0.717, 1.165) is 16.7 Å². The molecule has 0 spiro atoms. The molecule has 0 aliphatic rings. The molecule has 0 heterocycles. The van der Waals surface area contributed by atoms with Gasteiger partial charge < -0.3 is 0 Å². The molecule has 0 atom stereocenters. The molecule has 0 fully saturated rings. The van der Waals surface area contributed by atoms with Crippen LogP contribution in [0.15, 0.2) is 48.0 Å². The highest BCUT2D eigenvalue weighted by atomic mass is 19.1. The largest absolute Gasteiger partial charge is 0.288 e. The average Bonchev–Trinajstić information content (AvgIpc) is 2.48. The number of carbonyl (C=O) groups excluding carboxylic acids is 1. The molecule has 0 radical (unpaired) electrons. The van der Waals surface area contributed by atoms with E-state index in [1.165, 1.54) is 24.3 Å². The molecular weight excluding hydrogens is 265 g/mol. The molecule has 3 heteroatoms. The zero-order valence-corrected chi connectivity index (χ0v) is 11.9. The van der Waals surface area contributed by atoms with Crippen LogP contribution in [0, 0.1) is 31.0 Å². The number of halogens is 1. The van der Waals surface area contributed by atoms with Gasteiger partial charge in [0.2, 0.25) is 5.78 Å². The standard InChI is InChI=1S/C18H14FNO/c1-12-3-4-13(2)15(9-12)10-16(11-20)18(21)14-5-7-17(19)8-6-14/h3-10H,1-2H3/b16-10+. The maximum Gasteiger partial charge on any atom is 0.203 e. The van der Waals surface area contributed by atoms with Gasteiger partial charge in [-0.15, -0.1) is 0 Å². The molecule has 0 aliphatic heterocycles. The Kier molecular flexibility index (Phi) is 4.30. The molecule has 0 bridgehead atoms. The van der Waals surface area contributed by atoms with Crippen molar-refractivity contribution in [2.45, 2.75) is 13.8 Å². The third kappa shape index (κ3) is 3.43. The smallest absolute Gasteiger partial charge is 0.203 e. The number of nitriles is 1. The molecule has 0 N–H and O–H groups in total. The highest BCUT2D eigenvalue weighted by molar-refractivity contribution is 6.14. The maximum absolute atomic E-state index is 12.9. The highest BCUT2D eigenvalue weighted by Crippen LogP contribution is 2.17. The van der Waals surface area contributed by atoms with Crippen molar-refractivity contribution >= 4 is 11.9 Å². The second-order valence-electron chi connectivity index (χ2n) is 4.87. The predicted octanol–water partition coefficient (Wildman–Crippen LogP) is 4.23. The molecule has 2 aromatic carbocycles. The summed E-state index contributed by atoms with van der Waals surface area (Å²) >= 11 is 0. The average molecular weight is 279 g/mol. The van der Waals surface area contributed by atoms with Crippen LogP contribution in [0.1, 0.15) is 27.0 Å². The van der Waals surface area contributed by atoms with Crippen LogP contribution in [0.25, 0.3) is 6.08 Å². The molecule has 0 aromatic heterocycles. The van der Waals surface area contributed by atoms with Crippen LogP contribution in [0.5, 0.6) is 0 Å². The lowest BCUT2D eigenvalue weighted by Crippen LogP contribution is -2.02. The minimum atomic E-state index is -0.413. The molecule has 104 valence electrons. The van der Waals surface area contributed by atoms with E-state index in [1.54, 1.807) is 6.08 Å². The Morgan fingerprint density at radius 3 is 2.43 bits per heavy atom. The lowest BCUT2D eigenvalue weighted by Gasteiger charge is -2.04. The summed E-state index contributed by atoms with van der Waals surface area (Å²) in [6, 6.07) is 12.9. The molecule has 2 rings (SSSR count). The number of hydrogen-bond acceptors (Lipinski definition) is 2. The fraction of sp³-hybridized carbons (Fsp3) is 0.111. The number of ketones is 1. The topological polar surface area (TPSA) is 40.9 Å². The summed E-state index contributed by atoms with van der Waals surface area (Å²) in [6.45, 7) is 3.87. The number of carbonyl (C=O) groups is 1. The third-order valence-corrected chi connectivity index (χ3v) is 3.21. The molecule has 0 saturated carbocycles. The van der Waals surface area contributed by atoms with E-state index in [-0.39, 0.29) is 5.57 Å². The zero-order valence-electron chi connectivity index (χ0n) is 11.9. The van der Waals surface area contributed by atoms with Crippen molar-refractivity contribution in [3.63, 3.8) is 0 Å². The Hall–Kier alpha value is -2.73. The number of nitrogens with zero attached hydrogens (tertiary/aromatic N) is 1. The molecule has 0 aliphatic carbocycles. The van der Waals surface area contributed by atoms with Crippen LogP contribution in [-0.2, 0) is 0 Å². The predicted molar refractivity (Wildman–Crippen MR) is 80.2 cm³/mol. The summed E-state index contributed by atoms with van der Waals surface area (Å²) < 4.78 is 12.9. The molecular formula is C18H14FNO. The number of allylic oxidation sites excluding steroid dienone is 1. The molecule has 0 amide bonds. The normalized spacial score (nSPS) is 11.0. The Labute approximate surface area is 123 Å². The highest BCUT2D eigenvalue weighted by Gasteiger charge is 2.12. The minimum absolute atomic E-state index is 0.0373. The van der Waals surface area contributed by atoms with Gasteiger partial charge in [0, 0.05) is 5.56 Å². The van der Waals surface area contributed by atoms with E-state index in [9.17, 15) is 14.4 Å². The van der Waals surface area contributed by atoms with E-state index in [2.05, 4.69) is 0 Å². The van der Waals surface area contributed by atoms with Crippen molar-refractivity contribution in [2.24, 2.45) is 0 Å². The first-order valence-corrected chi connectivity index (χ1v) is 6.50. The molecule has 0 unspecified atom stereocenters. The Balaban J connectivity index is 2.41. The summed E-state index contributed by atoms with van der Waals surface area (Å²) in [6.07, 6.45) is 1.58. The number of hydrogen-bond donors (Lipinski definition) is 0. The minimum Gasteiger partial charge on any atom is -0.288 e. The Morgan fingerprint density at radius 2 is 1.81 bits per heavy atom. The van der Waals surface area contributed by atoms with Gasteiger partial charge in [0.05, 0.1) is 0 Å². The molecule has 21 heavy (non-hydrogen) atoms. The van der Waals surface area contributed by atoms with Crippen molar-refractivity contribution in [2.75, 3.05) is 0 Å². The van der Waals surface area contributed by atoms with Crippen LogP contribution >= 0.6 is 0 Å². The Morgan fingerprint density at radius 1 is 1.14 bits per heavy atom. The van der Waals surface area contributed by atoms with Gasteiger partial charge in [-0.05, 0) is 55.3 Å². The van der Waals surface area contributed by atoms with Gasteiger partial charge in [-0.25, -0.2) is 4.39 Å². The van der Waals surface area contributed by atoms with Gasteiger partial charge in [-0.2, -0.15) is 5.26 Å². The monoisotopic (exact) mass is 279 g/mol. The van der Waals surface area contributed by atoms with Gasteiger partial charge in [-0.3, -0.25) is 4.79 Å². The van der Waals surface area contributed by atoms with Gasteiger partial charge in [-0.1, -0.05) is 23.8 Å². The number of aryl methyl sites for hydroxylation is 2. The fourth-order valence-electron chi connectivity index (χ4n) is 1.98. The second-order valence-corrected chi connectivity index (χ2v) is 4.87. The van der Waals surface area contributed by atoms with Crippen molar-refractivity contribution in [1.29, 1.82) is 5.26 Å². The third-order valence-electron chi connectivity index (χ3n) is 3.21. The molecule has 2 aromatic rings. The second kappa shape index (κ2) is 6.15. The maximum atomic E-state index is 12.9. The van der Waals surface area contributed by atoms with E-state index >= 15 is 0 Å². The lowest BCUT2D eigenvalue weighted by atomic mass is 9.99. The van der Waals surface area contributed by atoms with Crippen molar-refractivity contribution < 1.29 is 9.18 Å². The SMILES string of the molecule is Cc1ccc(C)c(/C=C(\C#N)C(=O)c2ccc(F)cc2)c1. The van der Waals surface area contributed by atoms with Gasteiger partial charge in [0.25, 0.3) is 0 Å². The quantitative estimate of drug-likeness (QED) is 0.479.